The molecular weight excluding hydrogens is 196 g/mol. The molecule has 2 rings (SSSR count). The molecule has 14 heavy (non-hydrogen) atoms. The fourth-order valence-electron chi connectivity index (χ4n) is 1.48. The van der Waals surface area contributed by atoms with Gasteiger partial charge in [0.25, 0.3) is 0 Å². The number of aromatic amines is 1. The Balaban J connectivity index is 2.68. The van der Waals surface area contributed by atoms with Crippen molar-refractivity contribution in [1.82, 2.24) is 4.98 Å². The van der Waals surface area contributed by atoms with Crippen molar-refractivity contribution in [3.63, 3.8) is 0 Å². The Bertz CT molecular complexity index is 473. The molecule has 72 valence electrons. The van der Waals surface area contributed by atoms with Crippen molar-refractivity contribution in [1.29, 1.82) is 0 Å². The van der Waals surface area contributed by atoms with Crippen molar-refractivity contribution >= 4 is 22.5 Å². The molecule has 0 bridgehead atoms. The molecule has 3 heteroatoms. The second kappa shape index (κ2) is 3.48. The lowest BCUT2D eigenvalue weighted by Crippen LogP contribution is -2.07. The third-order valence-electron chi connectivity index (χ3n) is 2.26. The first-order chi connectivity index (χ1) is 6.74. The van der Waals surface area contributed by atoms with Crippen molar-refractivity contribution in [3.8, 4) is 0 Å². The highest BCUT2D eigenvalue weighted by Crippen LogP contribution is 2.30. The standard InChI is InChI=1S/C11H11ClN2/c1-2-8(13)11-10(12)7-5-3-4-6-9(7)14-11/h2-6,8,14H,1,13H2/t8-/m1/s1. The number of hydrogen-bond donors (Lipinski definition) is 2. The molecule has 0 saturated heterocycles. The third-order valence-corrected chi connectivity index (χ3v) is 2.66. The zero-order valence-electron chi connectivity index (χ0n) is 7.63. The minimum absolute atomic E-state index is 0.241. The Kier molecular flexibility index (Phi) is 2.32. The summed E-state index contributed by atoms with van der Waals surface area (Å²) in [6, 6.07) is 7.60. The van der Waals surface area contributed by atoms with Gasteiger partial charge in [0.2, 0.25) is 0 Å². The van der Waals surface area contributed by atoms with E-state index in [1.54, 1.807) is 6.08 Å². The molecule has 3 N–H and O–H groups in total. The number of hydrogen-bond acceptors (Lipinski definition) is 1. The number of nitrogens with two attached hydrogens (primary N) is 1. The maximum Gasteiger partial charge on any atom is 0.0711 e. The predicted molar refractivity (Wildman–Crippen MR) is 60.4 cm³/mol. The largest absolute Gasteiger partial charge is 0.356 e. The highest BCUT2D eigenvalue weighted by atomic mass is 35.5. The average Bonchev–Trinajstić information content (AvgIpc) is 2.56. The van der Waals surface area contributed by atoms with Gasteiger partial charge in [0.05, 0.1) is 16.8 Å². The van der Waals surface area contributed by atoms with Crippen LogP contribution in [0.2, 0.25) is 5.02 Å². The fourth-order valence-corrected chi connectivity index (χ4v) is 1.81. The quantitative estimate of drug-likeness (QED) is 0.729. The van der Waals surface area contributed by atoms with Crippen LogP contribution in [-0.2, 0) is 0 Å². The highest BCUT2D eigenvalue weighted by molar-refractivity contribution is 6.36. The summed E-state index contributed by atoms with van der Waals surface area (Å²) in [4.78, 5) is 3.19. The van der Waals surface area contributed by atoms with Crippen molar-refractivity contribution in [2.75, 3.05) is 0 Å². The van der Waals surface area contributed by atoms with Crippen molar-refractivity contribution < 1.29 is 0 Å². The Morgan fingerprint density at radius 2 is 2.14 bits per heavy atom. The summed E-state index contributed by atoms with van der Waals surface area (Å²) in [5.74, 6) is 0. The summed E-state index contributed by atoms with van der Waals surface area (Å²) < 4.78 is 0. The van der Waals surface area contributed by atoms with Gasteiger partial charge >= 0.3 is 0 Å². The molecule has 0 amide bonds. The van der Waals surface area contributed by atoms with Crippen LogP contribution in [-0.4, -0.2) is 4.98 Å². The second-order valence-electron chi connectivity index (χ2n) is 3.16. The van der Waals surface area contributed by atoms with Crippen LogP contribution in [0.4, 0.5) is 0 Å². The molecular formula is C11H11ClN2. The van der Waals surface area contributed by atoms with Crippen LogP contribution in [0.5, 0.6) is 0 Å². The summed E-state index contributed by atoms with van der Waals surface area (Å²) in [6.45, 7) is 3.64. The van der Waals surface area contributed by atoms with E-state index in [2.05, 4.69) is 11.6 Å². The predicted octanol–water partition coefficient (Wildman–Crippen LogP) is 3.01. The number of halogens is 1. The number of rotatable bonds is 2. The minimum atomic E-state index is -0.241. The molecule has 2 nitrogen and oxygen atoms in total. The molecule has 0 aliphatic heterocycles. The van der Waals surface area contributed by atoms with Crippen LogP contribution < -0.4 is 5.73 Å². The van der Waals surface area contributed by atoms with Crippen molar-refractivity contribution in [3.05, 3.63) is 47.6 Å². The SMILES string of the molecule is C=C[C@@H](N)c1[nH]c2ccccc2c1Cl. The Labute approximate surface area is 87.4 Å². The molecule has 0 aliphatic rings. The van der Waals surface area contributed by atoms with Gasteiger partial charge in [0.15, 0.2) is 0 Å². The lowest BCUT2D eigenvalue weighted by Gasteiger charge is -2.02. The molecule has 0 fully saturated rings. The number of aromatic nitrogens is 1. The van der Waals surface area contributed by atoms with Gasteiger partial charge in [-0.25, -0.2) is 0 Å². The zero-order valence-corrected chi connectivity index (χ0v) is 8.38. The molecule has 1 aromatic carbocycles. The highest BCUT2D eigenvalue weighted by Gasteiger charge is 2.12. The van der Waals surface area contributed by atoms with Gasteiger partial charge in [-0.15, -0.1) is 6.58 Å². The molecule has 2 aromatic rings. The van der Waals surface area contributed by atoms with Crippen molar-refractivity contribution in [2.45, 2.75) is 6.04 Å². The van der Waals surface area contributed by atoms with Crippen LogP contribution in [0.1, 0.15) is 11.7 Å². The van der Waals surface area contributed by atoms with E-state index in [4.69, 9.17) is 17.3 Å². The maximum absolute atomic E-state index is 6.17. The van der Waals surface area contributed by atoms with Gasteiger partial charge in [0, 0.05) is 10.9 Å². The number of benzene rings is 1. The second-order valence-corrected chi connectivity index (χ2v) is 3.54. The summed E-state index contributed by atoms with van der Waals surface area (Å²) in [5.41, 5.74) is 7.65. The van der Waals surface area contributed by atoms with Crippen molar-refractivity contribution in [2.24, 2.45) is 5.73 Å². The monoisotopic (exact) mass is 206 g/mol. The zero-order chi connectivity index (χ0) is 10.1. The number of nitrogens with one attached hydrogen (secondary N) is 1. The van der Waals surface area contributed by atoms with Crippen LogP contribution in [0.15, 0.2) is 36.9 Å². The summed E-state index contributed by atoms with van der Waals surface area (Å²) in [7, 11) is 0. The number of fused-ring (bicyclic) bond motifs is 1. The molecule has 0 aliphatic carbocycles. The normalized spacial score (nSPS) is 13.0. The van der Waals surface area contributed by atoms with Gasteiger partial charge in [-0.3, -0.25) is 0 Å². The van der Waals surface area contributed by atoms with Crippen LogP contribution >= 0.6 is 11.6 Å². The van der Waals surface area contributed by atoms with Crippen LogP contribution in [0, 0.1) is 0 Å². The molecule has 0 unspecified atom stereocenters. The van der Waals surface area contributed by atoms with Gasteiger partial charge in [-0.05, 0) is 6.07 Å². The average molecular weight is 207 g/mol. The smallest absolute Gasteiger partial charge is 0.0711 e. The van der Waals surface area contributed by atoms with E-state index < -0.39 is 0 Å². The fraction of sp³-hybridized carbons (Fsp3) is 0.0909. The topological polar surface area (TPSA) is 41.8 Å². The van der Waals surface area contributed by atoms with Gasteiger partial charge < -0.3 is 10.7 Å². The molecule has 0 radical (unpaired) electrons. The lowest BCUT2D eigenvalue weighted by molar-refractivity contribution is 0.881. The minimum Gasteiger partial charge on any atom is -0.356 e. The Morgan fingerprint density at radius 3 is 2.79 bits per heavy atom. The number of H-pyrrole nitrogens is 1. The van der Waals surface area contributed by atoms with Gasteiger partial charge in [-0.2, -0.15) is 0 Å². The van der Waals surface area contributed by atoms with E-state index >= 15 is 0 Å². The summed E-state index contributed by atoms with van der Waals surface area (Å²) in [6.07, 6.45) is 1.66. The van der Waals surface area contributed by atoms with E-state index in [-0.39, 0.29) is 6.04 Å². The van der Waals surface area contributed by atoms with E-state index in [1.165, 1.54) is 0 Å². The summed E-state index contributed by atoms with van der Waals surface area (Å²) in [5, 5.41) is 1.69. The first-order valence-electron chi connectivity index (χ1n) is 4.38. The van der Waals surface area contributed by atoms with E-state index in [0.29, 0.717) is 5.02 Å². The molecule has 0 saturated carbocycles. The maximum atomic E-state index is 6.17. The molecule has 0 spiro atoms. The van der Waals surface area contributed by atoms with Crippen LogP contribution in [0.3, 0.4) is 0 Å². The van der Waals surface area contributed by atoms with E-state index in [9.17, 15) is 0 Å². The van der Waals surface area contributed by atoms with Gasteiger partial charge in [0.1, 0.15) is 0 Å². The summed E-state index contributed by atoms with van der Waals surface area (Å²) >= 11 is 6.17. The first kappa shape index (κ1) is 9.31. The molecule has 1 atom stereocenters. The Hall–Kier alpha value is -1.25. The third kappa shape index (κ3) is 1.33. The van der Waals surface area contributed by atoms with E-state index in [0.717, 1.165) is 16.6 Å². The molecule has 1 heterocycles. The first-order valence-corrected chi connectivity index (χ1v) is 4.76. The number of para-hydroxylation sites is 1. The van der Waals surface area contributed by atoms with Gasteiger partial charge in [-0.1, -0.05) is 35.9 Å². The lowest BCUT2D eigenvalue weighted by atomic mass is 10.2. The Morgan fingerprint density at radius 1 is 1.43 bits per heavy atom. The van der Waals surface area contributed by atoms with Crippen LogP contribution in [0.25, 0.3) is 10.9 Å². The van der Waals surface area contributed by atoms with E-state index in [1.807, 2.05) is 24.3 Å². The molecule has 1 aromatic heterocycles.